The number of alkyl halides is 3. The molecule has 2 aromatic heterocycles. The first-order valence-corrected chi connectivity index (χ1v) is 9.71. The lowest BCUT2D eigenvalue weighted by atomic mass is 10.2. The second-order valence-corrected chi connectivity index (χ2v) is 8.40. The van der Waals surface area contributed by atoms with Crippen LogP contribution in [0.15, 0.2) is 35.2 Å². The molecule has 0 bridgehead atoms. The van der Waals surface area contributed by atoms with Crippen molar-refractivity contribution in [2.24, 2.45) is 7.05 Å². The van der Waals surface area contributed by atoms with Gasteiger partial charge in [0.2, 0.25) is 10.0 Å². The molecule has 2 N–H and O–H groups in total. The number of carbonyl (C=O) groups excluding carboxylic acids is 1. The van der Waals surface area contributed by atoms with E-state index in [9.17, 15) is 26.4 Å². The maximum Gasteiger partial charge on any atom is 0.435 e. The van der Waals surface area contributed by atoms with E-state index in [2.05, 4.69) is 15.1 Å². The Kier molecular flexibility index (Phi) is 4.74. The molecule has 0 saturated carbocycles. The van der Waals surface area contributed by atoms with Crippen LogP contribution >= 0.6 is 11.3 Å². The number of thiophene rings is 1. The maximum absolute atomic E-state index is 13.0. The summed E-state index contributed by atoms with van der Waals surface area (Å²) < 4.78 is 65.7. The number of fused-ring (bicyclic) bond motifs is 1. The summed E-state index contributed by atoms with van der Waals surface area (Å²) in [5, 5.41) is 5.84. The Morgan fingerprint density at radius 3 is 2.41 bits per heavy atom. The Morgan fingerprint density at radius 2 is 1.85 bits per heavy atom. The molecule has 0 aliphatic rings. The van der Waals surface area contributed by atoms with E-state index in [0.717, 1.165) is 22.1 Å². The first-order chi connectivity index (χ1) is 12.5. The third kappa shape index (κ3) is 3.68. The molecule has 0 spiro atoms. The summed E-state index contributed by atoms with van der Waals surface area (Å²) in [6, 6.07) is 6.53. The second kappa shape index (κ2) is 6.62. The zero-order chi connectivity index (χ0) is 20.0. The van der Waals surface area contributed by atoms with Crippen LogP contribution in [0.1, 0.15) is 15.4 Å². The lowest BCUT2D eigenvalue weighted by Crippen LogP contribution is -2.18. The summed E-state index contributed by atoms with van der Waals surface area (Å²) in [5.41, 5.74) is -0.737. The van der Waals surface area contributed by atoms with Gasteiger partial charge in [-0.3, -0.25) is 9.48 Å². The molecule has 0 radical (unpaired) electrons. The number of anilines is 1. The van der Waals surface area contributed by atoms with Gasteiger partial charge in [-0.25, -0.2) is 13.1 Å². The molecule has 3 rings (SSSR count). The Hall–Kier alpha value is -2.44. The summed E-state index contributed by atoms with van der Waals surface area (Å²) >= 11 is 0.882. The number of benzene rings is 1. The van der Waals surface area contributed by atoms with Crippen molar-refractivity contribution >= 4 is 43.2 Å². The molecule has 1 amide bonds. The van der Waals surface area contributed by atoms with Crippen LogP contribution in [0, 0.1) is 0 Å². The van der Waals surface area contributed by atoms with Crippen molar-refractivity contribution in [2.45, 2.75) is 11.1 Å². The van der Waals surface area contributed by atoms with Gasteiger partial charge in [-0.05, 0) is 37.4 Å². The minimum absolute atomic E-state index is 0.0192. The number of halogens is 3. The fourth-order valence-electron chi connectivity index (χ4n) is 2.39. The summed E-state index contributed by atoms with van der Waals surface area (Å²) in [6.07, 6.45) is -4.62. The predicted molar refractivity (Wildman–Crippen MR) is 94.2 cm³/mol. The molecule has 7 nitrogen and oxygen atoms in total. The lowest BCUT2D eigenvalue weighted by molar-refractivity contribution is -0.140. The van der Waals surface area contributed by atoms with E-state index in [4.69, 9.17) is 0 Å². The van der Waals surface area contributed by atoms with Crippen molar-refractivity contribution in [3.05, 3.63) is 40.9 Å². The number of nitrogens with one attached hydrogen (secondary N) is 2. The van der Waals surface area contributed by atoms with Crippen LogP contribution in [-0.4, -0.2) is 31.2 Å². The van der Waals surface area contributed by atoms with Gasteiger partial charge >= 0.3 is 6.18 Å². The zero-order valence-corrected chi connectivity index (χ0v) is 15.6. The minimum Gasteiger partial charge on any atom is -0.321 e. The molecule has 0 unspecified atom stereocenters. The second-order valence-electron chi connectivity index (χ2n) is 5.49. The molecule has 3 aromatic rings. The third-order valence-electron chi connectivity index (χ3n) is 3.70. The maximum atomic E-state index is 13.0. The average molecular weight is 418 g/mol. The Labute approximate surface area is 155 Å². The fraction of sp³-hybridized carbons (Fsp3) is 0.200. The molecular weight excluding hydrogens is 405 g/mol. The topological polar surface area (TPSA) is 93.1 Å². The van der Waals surface area contributed by atoms with E-state index in [-0.39, 0.29) is 20.0 Å². The monoisotopic (exact) mass is 418 g/mol. The van der Waals surface area contributed by atoms with Gasteiger partial charge in [-0.1, -0.05) is 0 Å². The van der Waals surface area contributed by atoms with Gasteiger partial charge in [-0.2, -0.15) is 18.3 Å². The van der Waals surface area contributed by atoms with Crippen LogP contribution in [0.3, 0.4) is 0 Å². The van der Waals surface area contributed by atoms with E-state index in [1.807, 2.05) is 0 Å². The highest BCUT2D eigenvalue weighted by molar-refractivity contribution is 7.89. The highest BCUT2D eigenvalue weighted by Crippen LogP contribution is 2.37. The number of nitrogens with zero attached hydrogens (tertiary/aromatic N) is 2. The highest BCUT2D eigenvalue weighted by Gasteiger charge is 2.37. The van der Waals surface area contributed by atoms with Crippen LogP contribution in [0.2, 0.25) is 0 Å². The molecule has 0 saturated heterocycles. The smallest absolute Gasteiger partial charge is 0.321 e. The number of aromatic nitrogens is 2. The van der Waals surface area contributed by atoms with Crippen molar-refractivity contribution in [1.29, 1.82) is 0 Å². The van der Waals surface area contributed by atoms with Gasteiger partial charge in [0, 0.05) is 18.1 Å². The number of hydrogen-bond acceptors (Lipinski definition) is 5. The standard InChI is InChI=1S/C15H13F3N4O3S2/c1-19-27(24,25)9-5-3-8(4-6-9)20-13(23)11-7-10-12(15(16,17)18)21-22(2)14(10)26-11/h3-7,19H,1-2H3,(H,20,23). The van der Waals surface area contributed by atoms with Crippen LogP contribution in [0.4, 0.5) is 18.9 Å². The number of amides is 1. The van der Waals surface area contributed by atoms with Gasteiger partial charge in [0.25, 0.3) is 5.91 Å². The number of sulfonamides is 1. The average Bonchev–Trinajstić information content (AvgIpc) is 3.15. The van der Waals surface area contributed by atoms with E-state index in [0.29, 0.717) is 5.69 Å². The Bertz CT molecular complexity index is 1120. The van der Waals surface area contributed by atoms with Gasteiger partial charge in [-0.15, -0.1) is 11.3 Å². The fourth-order valence-corrected chi connectivity index (χ4v) is 4.09. The summed E-state index contributed by atoms with van der Waals surface area (Å²) in [5.74, 6) is -0.603. The van der Waals surface area contributed by atoms with Crippen molar-refractivity contribution in [2.75, 3.05) is 12.4 Å². The SMILES string of the molecule is CNS(=O)(=O)c1ccc(NC(=O)c2cc3c(C(F)(F)F)nn(C)c3s2)cc1. The zero-order valence-electron chi connectivity index (χ0n) is 14.0. The third-order valence-corrected chi connectivity index (χ3v) is 6.33. The van der Waals surface area contributed by atoms with Crippen LogP contribution in [0.25, 0.3) is 10.2 Å². The molecule has 2 heterocycles. The van der Waals surface area contributed by atoms with Crippen LogP contribution < -0.4 is 10.0 Å². The number of aryl methyl sites for hydroxylation is 1. The van der Waals surface area contributed by atoms with Crippen molar-refractivity contribution in [1.82, 2.24) is 14.5 Å². The van der Waals surface area contributed by atoms with Crippen LogP contribution in [-0.2, 0) is 23.2 Å². The molecule has 0 fully saturated rings. The molecule has 0 atom stereocenters. The van der Waals surface area contributed by atoms with Gasteiger partial charge < -0.3 is 5.32 Å². The molecule has 27 heavy (non-hydrogen) atoms. The first-order valence-electron chi connectivity index (χ1n) is 7.41. The van der Waals surface area contributed by atoms with Crippen molar-refractivity contribution < 1.29 is 26.4 Å². The van der Waals surface area contributed by atoms with Crippen LogP contribution in [0.5, 0.6) is 0 Å². The first kappa shape index (κ1) is 19.3. The van der Waals surface area contributed by atoms with E-state index in [1.165, 1.54) is 38.4 Å². The van der Waals surface area contributed by atoms with Crippen molar-refractivity contribution in [3.63, 3.8) is 0 Å². The molecule has 1 aromatic carbocycles. The number of carbonyl (C=O) groups is 1. The molecular formula is C15H13F3N4O3S2. The normalized spacial score (nSPS) is 12.5. The summed E-state index contributed by atoms with van der Waals surface area (Å²) in [7, 11) is -0.960. The molecule has 144 valence electrons. The summed E-state index contributed by atoms with van der Waals surface area (Å²) in [6.45, 7) is 0. The summed E-state index contributed by atoms with van der Waals surface area (Å²) in [4.78, 5) is 12.7. The molecule has 0 aliphatic heterocycles. The largest absolute Gasteiger partial charge is 0.435 e. The molecule has 0 aliphatic carbocycles. The predicted octanol–water partition coefficient (Wildman–Crippen LogP) is 2.81. The lowest BCUT2D eigenvalue weighted by Gasteiger charge is -2.06. The Morgan fingerprint density at radius 1 is 1.22 bits per heavy atom. The highest BCUT2D eigenvalue weighted by atomic mass is 32.2. The van der Waals surface area contributed by atoms with E-state index >= 15 is 0 Å². The van der Waals surface area contributed by atoms with E-state index < -0.39 is 27.8 Å². The van der Waals surface area contributed by atoms with Gasteiger partial charge in [0.15, 0.2) is 5.69 Å². The number of hydrogen-bond donors (Lipinski definition) is 2. The minimum atomic E-state index is -4.62. The quantitative estimate of drug-likeness (QED) is 0.682. The van der Waals surface area contributed by atoms with Gasteiger partial charge in [0.1, 0.15) is 4.83 Å². The van der Waals surface area contributed by atoms with E-state index in [1.54, 1.807) is 0 Å². The number of rotatable bonds is 4. The van der Waals surface area contributed by atoms with Gasteiger partial charge in [0.05, 0.1) is 9.77 Å². The molecule has 12 heteroatoms. The Balaban J connectivity index is 1.87. The van der Waals surface area contributed by atoms with Crippen molar-refractivity contribution in [3.8, 4) is 0 Å².